The van der Waals surface area contributed by atoms with Crippen molar-refractivity contribution in [3.63, 3.8) is 0 Å². The van der Waals surface area contributed by atoms with E-state index in [0.29, 0.717) is 33.5 Å². The Balaban J connectivity index is 1.31. The van der Waals surface area contributed by atoms with E-state index in [0.717, 1.165) is 61.5 Å². The number of phenolic OH excluding ortho intramolecular Hbond substituents is 1. The van der Waals surface area contributed by atoms with Crippen molar-refractivity contribution in [1.82, 2.24) is 15.1 Å². The third-order valence-corrected chi connectivity index (χ3v) is 9.26. The number of hydrogen-bond acceptors (Lipinski definition) is 8. The number of nitriles is 1. The lowest BCUT2D eigenvalue weighted by molar-refractivity contribution is -0.137. The van der Waals surface area contributed by atoms with Crippen LogP contribution in [0.2, 0.25) is 0 Å². The molecule has 1 fully saturated rings. The Labute approximate surface area is 258 Å². The molecule has 0 atom stereocenters. The summed E-state index contributed by atoms with van der Waals surface area (Å²) in [6.07, 6.45) is -2.67. The quantitative estimate of drug-likeness (QED) is 0.234. The van der Waals surface area contributed by atoms with Gasteiger partial charge in [-0.2, -0.15) is 18.4 Å². The third kappa shape index (κ3) is 5.72. The predicted molar refractivity (Wildman–Crippen MR) is 167 cm³/mol. The maximum atomic E-state index is 13.0. The number of anilines is 4. The Morgan fingerprint density at radius 1 is 1.00 bits per heavy atom. The smallest absolute Gasteiger partial charge is 0.416 e. The molecule has 0 aliphatic carbocycles. The van der Waals surface area contributed by atoms with Crippen molar-refractivity contribution in [1.29, 1.82) is 5.26 Å². The average molecular weight is 619 g/mol. The van der Waals surface area contributed by atoms with Gasteiger partial charge in [-0.25, -0.2) is 0 Å². The molecule has 3 aromatic carbocycles. The first-order valence-corrected chi connectivity index (χ1v) is 15.3. The highest BCUT2D eigenvalue weighted by molar-refractivity contribution is 7.18. The minimum atomic E-state index is -4.41. The molecule has 4 aromatic rings. The molecule has 2 aliphatic heterocycles. The summed E-state index contributed by atoms with van der Waals surface area (Å²) in [4.78, 5) is 4.59. The van der Waals surface area contributed by atoms with Crippen molar-refractivity contribution in [2.45, 2.75) is 45.2 Å². The van der Waals surface area contributed by atoms with E-state index in [9.17, 15) is 23.5 Å². The van der Waals surface area contributed by atoms with E-state index in [2.05, 4.69) is 52.2 Å². The lowest BCUT2D eigenvalue weighted by atomic mass is 9.72. The number of aromatic hydroxyl groups is 1. The van der Waals surface area contributed by atoms with E-state index in [1.54, 1.807) is 12.1 Å². The zero-order valence-corrected chi connectivity index (χ0v) is 25.6. The van der Waals surface area contributed by atoms with Gasteiger partial charge < -0.3 is 20.2 Å². The van der Waals surface area contributed by atoms with Gasteiger partial charge in [0.2, 0.25) is 5.13 Å². The molecular weight excluding hydrogens is 585 g/mol. The Kier molecular flexibility index (Phi) is 7.54. The second-order valence-corrected chi connectivity index (χ2v) is 13.8. The Bertz CT molecular complexity index is 1710. The van der Waals surface area contributed by atoms with Gasteiger partial charge in [0, 0.05) is 29.6 Å². The Morgan fingerprint density at radius 3 is 2.36 bits per heavy atom. The van der Waals surface area contributed by atoms with Crippen molar-refractivity contribution in [3.8, 4) is 22.4 Å². The molecule has 3 heterocycles. The molecule has 44 heavy (non-hydrogen) atoms. The average Bonchev–Trinajstić information content (AvgIpc) is 3.58. The largest absolute Gasteiger partial charge is 0.506 e. The van der Waals surface area contributed by atoms with E-state index in [1.807, 2.05) is 24.3 Å². The number of rotatable bonds is 5. The number of piperidine rings is 1. The number of alkyl halides is 3. The van der Waals surface area contributed by atoms with Gasteiger partial charge in [0.25, 0.3) is 0 Å². The molecule has 6 rings (SSSR count). The number of para-hydroxylation sites is 2. The van der Waals surface area contributed by atoms with Crippen LogP contribution < -0.4 is 10.2 Å². The normalized spacial score (nSPS) is 16.6. The fourth-order valence-corrected chi connectivity index (χ4v) is 7.25. The highest BCUT2D eigenvalue weighted by atomic mass is 32.1. The summed E-state index contributed by atoms with van der Waals surface area (Å²) in [5.74, 6) is 0.128. The third-order valence-electron chi connectivity index (χ3n) is 8.37. The highest BCUT2D eigenvalue weighted by Gasteiger charge is 2.48. The van der Waals surface area contributed by atoms with E-state index in [1.165, 1.54) is 23.5 Å². The number of aromatic nitrogens is 2. The second-order valence-electron chi connectivity index (χ2n) is 12.8. The number of benzene rings is 3. The number of nitrogens with one attached hydrogen (secondary N) is 1. The van der Waals surface area contributed by atoms with Gasteiger partial charge >= 0.3 is 6.18 Å². The summed E-state index contributed by atoms with van der Waals surface area (Å²) in [6, 6.07) is 18.3. The topological polar surface area (TPSA) is 88.3 Å². The minimum absolute atomic E-state index is 0.128. The van der Waals surface area contributed by atoms with Gasteiger partial charge in [-0.3, -0.25) is 0 Å². The summed E-state index contributed by atoms with van der Waals surface area (Å²) in [6.45, 7) is 10.1. The Hall–Kier alpha value is -4.14. The predicted octanol–water partition coefficient (Wildman–Crippen LogP) is 8.08. The van der Waals surface area contributed by atoms with Crippen molar-refractivity contribution in [2.24, 2.45) is 5.41 Å². The molecule has 1 aromatic heterocycles. The maximum Gasteiger partial charge on any atom is 0.416 e. The first kappa shape index (κ1) is 29.9. The maximum absolute atomic E-state index is 13.0. The van der Waals surface area contributed by atoms with Crippen molar-refractivity contribution in [3.05, 3.63) is 77.4 Å². The van der Waals surface area contributed by atoms with Crippen LogP contribution in [0, 0.1) is 16.7 Å². The summed E-state index contributed by atoms with van der Waals surface area (Å²) in [7, 11) is 0. The minimum Gasteiger partial charge on any atom is -0.506 e. The molecule has 11 heteroatoms. The summed E-state index contributed by atoms with van der Waals surface area (Å²) in [5, 5.41) is 34.1. The van der Waals surface area contributed by atoms with Crippen LogP contribution in [0.4, 0.5) is 35.4 Å². The number of nitrogens with zero attached hydrogens (tertiary/aromatic N) is 5. The summed E-state index contributed by atoms with van der Waals surface area (Å²) >= 11 is 1.24. The first-order valence-electron chi connectivity index (χ1n) is 14.5. The van der Waals surface area contributed by atoms with Crippen LogP contribution in [0.3, 0.4) is 0 Å². The zero-order chi connectivity index (χ0) is 31.3. The van der Waals surface area contributed by atoms with E-state index in [4.69, 9.17) is 0 Å². The molecule has 0 bridgehead atoms. The summed E-state index contributed by atoms with van der Waals surface area (Å²) in [5.41, 5.74) is 3.41. The fraction of sp³-hybridized carbons (Fsp3) is 0.364. The highest BCUT2D eigenvalue weighted by Crippen LogP contribution is 2.55. The van der Waals surface area contributed by atoms with Crippen LogP contribution in [0.25, 0.3) is 10.6 Å². The molecule has 0 radical (unpaired) electrons. The second kappa shape index (κ2) is 11.1. The van der Waals surface area contributed by atoms with Gasteiger partial charge in [0.1, 0.15) is 10.8 Å². The van der Waals surface area contributed by atoms with E-state index < -0.39 is 11.7 Å². The summed E-state index contributed by atoms with van der Waals surface area (Å²) < 4.78 is 39.0. The van der Waals surface area contributed by atoms with Crippen molar-refractivity contribution < 1.29 is 18.3 Å². The van der Waals surface area contributed by atoms with Gasteiger partial charge in [-0.15, -0.1) is 10.2 Å². The van der Waals surface area contributed by atoms with Gasteiger partial charge in [0.15, 0.2) is 0 Å². The molecule has 0 unspecified atom stereocenters. The Morgan fingerprint density at radius 2 is 1.70 bits per heavy atom. The van der Waals surface area contributed by atoms with E-state index >= 15 is 0 Å². The van der Waals surface area contributed by atoms with Crippen LogP contribution in [-0.2, 0) is 11.6 Å². The van der Waals surface area contributed by atoms with Gasteiger partial charge in [0.05, 0.1) is 34.3 Å². The van der Waals surface area contributed by atoms with Crippen molar-refractivity contribution in [2.75, 3.05) is 36.4 Å². The van der Waals surface area contributed by atoms with Crippen LogP contribution in [0.1, 0.15) is 50.3 Å². The van der Waals surface area contributed by atoms with E-state index in [-0.39, 0.29) is 16.6 Å². The molecule has 1 spiro atoms. The molecule has 0 saturated carbocycles. The number of halogens is 3. The zero-order valence-electron chi connectivity index (χ0n) is 24.7. The van der Waals surface area contributed by atoms with Crippen LogP contribution in [0.15, 0.2) is 60.7 Å². The van der Waals surface area contributed by atoms with Crippen LogP contribution >= 0.6 is 11.3 Å². The lowest BCUT2D eigenvalue weighted by Gasteiger charge is -2.42. The van der Waals surface area contributed by atoms with Crippen LogP contribution in [0.5, 0.6) is 5.75 Å². The molecule has 228 valence electrons. The first-order chi connectivity index (χ1) is 20.9. The van der Waals surface area contributed by atoms with Gasteiger partial charge in [-0.05, 0) is 67.7 Å². The molecule has 0 amide bonds. The SMILES string of the molecule is CC(C)(C)CN1CCC2(CC1)CN(c1ccccc1Nc1nnc(-c3ccc(C(F)(F)F)cc3)s1)c1c(O)ccc(C#N)c12. The number of hydrogen-bond donors (Lipinski definition) is 2. The monoisotopic (exact) mass is 618 g/mol. The number of phenols is 1. The van der Waals surface area contributed by atoms with Crippen LogP contribution in [-0.4, -0.2) is 46.4 Å². The molecule has 2 N–H and O–H groups in total. The van der Waals surface area contributed by atoms with Gasteiger partial charge in [-0.1, -0.05) is 56.4 Å². The standard InChI is InChI=1S/C33H33F3N6OS/c1-31(2,3)19-41-16-14-32(15-17-41)20-42(28-26(43)13-10-22(18-37)27(28)32)25-7-5-4-6-24(25)38-30-40-39-29(44-30)21-8-11-23(12-9-21)33(34,35)36/h4-13,43H,14-17,19-20H2,1-3H3,(H,38,40). The molecule has 7 nitrogen and oxygen atoms in total. The molecule has 1 saturated heterocycles. The fourth-order valence-electron chi connectivity index (χ4n) is 6.49. The molecular formula is C33H33F3N6OS. The number of likely N-dealkylation sites (tertiary alicyclic amines) is 1. The molecule has 2 aliphatic rings. The lowest BCUT2D eigenvalue weighted by Crippen LogP contribution is -2.47. The van der Waals surface area contributed by atoms with Crippen molar-refractivity contribution >= 4 is 33.5 Å². The number of fused-ring (bicyclic) bond motifs is 2.